The van der Waals surface area contributed by atoms with Crippen molar-refractivity contribution < 1.29 is 5.11 Å². The van der Waals surface area contributed by atoms with Crippen LogP contribution >= 0.6 is 0 Å². The van der Waals surface area contributed by atoms with Gasteiger partial charge in [-0.1, -0.05) is 26.3 Å². The lowest BCUT2D eigenvalue weighted by atomic mass is 10.0. The quantitative estimate of drug-likeness (QED) is 0.584. The standard InChI is InChI=1S/C9H18O/c1-4-6-9(10)7-8(3)5-2/h5,8-10H,2,4,6-7H2,1,3H3. The van der Waals surface area contributed by atoms with E-state index in [4.69, 9.17) is 0 Å². The molecule has 0 aliphatic carbocycles. The van der Waals surface area contributed by atoms with Crippen LogP contribution < -0.4 is 0 Å². The van der Waals surface area contributed by atoms with Crippen molar-refractivity contribution in [2.75, 3.05) is 0 Å². The average Bonchev–Trinajstić information content (AvgIpc) is 1.88. The molecule has 0 heterocycles. The molecule has 1 N–H and O–H groups in total. The predicted molar refractivity (Wildman–Crippen MR) is 44.9 cm³/mol. The van der Waals surface area contributed by atoms with Crippen LogP contribution in [0.15, 0.2) is 12.7 Å². The number of hydrogen-bond acceptors (Lipinski definition) is 1. The Morgan fingerprint density at radius 1 is 1.60 bits per heavy atom. The summed E-state index contributed by atoms with van der Waals surface area (Å²) >= 11 is 0. The first-order chi connectivity index (χ1) is 4.70. The van der Waals surface area contributed by atoms with E-state index >= 15 is 0 Å². The fourth-order valence-electron chi connectivity index (χ4n) is 0.976. The van der Waals surface area contributed by atoms with Crippen LogP contribution in [0, 0.1) is 5.92 Å². The number of hydrogen-bond donors (Lipinski definition) is 1. The Balaban J connectivity index is 3.36. The van der Waals surface area contributed by atoms with E-state index in [1.165, 1.54) is 0 Å². The van der Waals surface area contributed by atoms with E-state index in [-0.39, 0.29) is 6.10 Å². The molecule has 0 saturated heterocycles. The van der Waals surface area contributed by atoms with Crippen LogP contribution in [0.25, 0.3) is 0 Å². The molecule has 0 bridgehead atoms. The van der Waals surface area contributed by atoms with Gasteiger partial charge in [0.1, 0.15) is 0 Å². The Labute approximate surface area is 63.8 Å². The molecule has 0 aliphatic heterocycles. The predicted octanol–water partition coefficient (Wildman–Crippen LogP) is 2.36. The van der Waals surface area contributed by atoms with Gasteiger partial charge in [0.05, 0.1) is 6.10 Å². The fourth-order valence-corrected chi connectivity index (χ4v) is 0.976. The Bertz CT molecular complexity index is 88.7. The minimum Gasteiger partial charge on any atom is -0.393 e. The van der Waals surface area contributed by atoms with Crippen molar-refractivity contribution in [3.63, 3.8) is 0 Å². The van der Waals surface area contributed by atoms with Gasteiger partial charge in [-0.25, -0.2) is 0 Å². The van der Waals surface area contributed by atoms with E-state index in [1.807, 2.05) is 6.08 Å². The molecule has 0 rings (SSSR count). The van der Waals surface area contributed by atoms with E-state index in [2.05, 4.69) is 20.4 Å². The summed E-state index contributed by atoms with van der Waals surface area (Å²) in [5, 5.41) is 9.30. The van der Waals surface area contributed by atoms with E-state index in [0.29, 0.717) is 5.92 Å². The van der Waals surface area contributed by atoms with E-state index < -0.39 is 0 Å². The molecular formula is C9H18O. The zero-order valence-electron chi connectivity index (χ0n) is 7.01. The Morgan fingerprint density at radius 3 is 2.60 bits per heavy atom. The molecule has 2 unspecified atom stereocenters. The Morgan fingerprint density at radius 2 is 2.20 bits per heavy atom. The third-order valence-corrected chi connectivity index (χ3v) is 1.67. The van der Waals surface area contributed by atoms with E-state index in [9.17, 15) is 5.11 Å². The van der Waals surface area contributed by atoms with Crippen molar-refractivity contribution in [1.29, 1.82) is 0 Å². The van der Waals surface area contributed by atoms with Gasteiger partial charge in [-0.2, -0.15) is 0 Å². The summed E-state index contributed by atoms with van der Waals surface area (Å²) in [5.74, 6) is 0.446. The van der Waals surface area contributed by atoms with Crippen molar-refractivity contribution in [3.05, 3.63) is 12.7 Å². The maximum Gasteiger partial charge on any atom is 0.0545 e. The third kappa shape index (κ3) is 4.57. The molecule has 0 aromatic heterocycles. The first kappa shape index (κ1) is 9.70. The molecule has 0 aromatic carbocycles. The van der Waals surface area contributed by atoms with Crippen LogP contribution in [0.3, 0.4) is 0 Å². The van der Waals surface area contributed by atoms with Crippen molar-refractivity contribution in [1.82, 2.24) is 0 Å². The fraction of sp³-hybridized carbons (Fsp3) is 0.778. The highest BCUT2D eigenvalue weighted by Gasteiger charge is 2.05. The molecule has 0 spiro atoms. The highest BCUT2D eigenvalue weighted by Crippen LogP contribution is 2.10. The van der Waals surface area contributed by atoms with E-state index in [1.54, 1.807) is 0 Å². The van der Waals surface area contributed by atoms with Gasteiger partial charge in [0.25, 0.3) is 0 Å². The van der Waals surface area contributed by atoms with Gasteiger partial charge in [-0.3, -0.25) is 0 Å². The summed E-state index contributed by atoms with van der Waals surface area (Å²) in [4.78, 5) is 0. The smallest absolute Gasteiger partial charge is 0.0545 e. The summed E-state index contributed by atoms with van der Waals surface area (Å²) in [5.41, 5.74) is 0. The second-order valence-electron chi connectivity index (χ2n) is 2.89. The molecule has 0 fully saturated rings. The Hall–Kier alpha value is -0.300. The number of aliphatic hydroxyl groups is 1. The van der Waals surface area contributed by atoms with Crippen molar-refractivity contribution in [2.24, 2.45) is 5.92 Å². The molecule has 10 heavy (non-hydrogen) atoms. The van der Waals surface area contributed by atoms with Crippen LogP contribution in [-0.4, -0.2) is 11.2 Å². The third-order valence-electron chi connectivity index (χ3n) is 1.67. The molecule has 0 aromatic rings. The minimum absolute atomic E-state index is 0.127. The highest BCUT2D eigenvalue weighted by molar-refractivity contribution is 4.77. The summed E-state index contributed by atoms with van der Waals surface area (Å²) in [6, 6.07) is 0. The van der Waals surface area contributed by atoms with Crippen molar-refractivity contribution in [2.45, 2.75) is 39.2 Å². The zero-order chi connectivity index (χ0) is 7.98. The van der Waals surface area contributed by atoms with Gasteiger partial charge in [-0.05, 0) is 18.8 Å². The first-order valence-corrected chi connectivity index (χ1v) is 4.01. The second-order valence-corrected chi connectivity index (χ2v) is 2.89. The summed E-state index contributed by atoms with van der Waals surface area (Å²) < 4.78 is 0. The van der Waals surface area contributed by atoms with Gasteiger partial charge >= 0.3 is 0 Å². The molecule has 0 amide bonds. The first-order valence-electron chi connectivity index (χ1n) is 4.01. The SMILES string of the molecule is C=CC(C)CC(O)CCC. The van der Waals surface area contributed by atoms with Gasteiger partial charge in [0, 0.05) is 0 Å². The normalized spacial score (nSPS) is 16.3. The monoisotopic (exact) mass is 142 g/mol. The van der Waals surface area contributed by atoms with Crippen LogP contribution in [0.4, 0.5) is 0 Å². The average molecular weight is 142 g/mol. The topological polar surface area (TPSA) is 20.2 Å². The summed E-state index contributed by atoms with van der Waals surface area (Å²) in [6.07, 6.45) is 4.59. The Kier molecular flexibility index (Phi) is 5.32. The minimum atomic E-state index is -0.127. The van der Waals surface area contributed by atoms with Crippen molar-refractivity contribution >= 4 is 0 Å². The molecule has 2 atom stereocenters. The zero-order valence-corrected chi connectivity index (χ0v) is 7.01. The maximum absolute atomic E-state index is 9.30. The lowest BCUT2D eigenvalue weighted by Gasteiger charge is -2.11. The number of rotatable bonds is 5. The largest absolute Gasteiger partial charge is 0.393 e. The molecular weight excluding hydrogens is 124 g/mol. The van der Waals surface area contributed by atoms with Crippen LogP contribution in [0.5, 0.6) is 0 Å². The molecule has 0 aliphatic rings. The number of aliphatic hydroxyl groups excluding tert-OH is 1. The maximum atomic E-state index is 9.30. The van der Waals surface area contributed by atoms with Crippen molar-refractivity contribution in [3.8, 4) is 0 Å². The second kappa shape index (κ2) is 5.48. The van der Waals surface area contributed by atoms with Crippen LogP contribution in [-0.2, 0) is 0 Å². The van der Waals surface area contributed by atoms with Gasteiger partial charge < -0.3 is 5.11 Å². The lowest BCUT2D eigenvalue weighted by molar-refractivity contribution is 0.143. The van der Waals surface area contributed by atoms with Gasteiger partial charge in [-0.15, -0.1) is 6.58 Å². The molecule has 0 saturated carbocycles. The van der Waals surface area contributed by atoms with Crippen LogP contribution in [0.2, 0.25) is 0 Å². The molecule has 0 radical (unpaired) electrons. The molecule has 1 heteroatoms. The van der Waals surface area contributed by atoms with Gasteiger partial charge in [0.2, 0.25) is 0 Å². The van der Waals surface area contributed by atoms with Gasteiger partial charge in [0.15, 0.2) is 0 Å². The molecule has 60 valence electrons. The number of allylic oxidation sites excluding steroid dienone is 1. The summed E-state index contributed by atoms with van der Waals surface area (Å²) in [7, 11) is 0. The lowest BCUT2D eigenvalue weighted by Crippen LogP contribution is -2.09. The summed E-state index contributed by atoms with van der Waals surface area (Å²) in [6.45, 7) is 7.82. The highest BCUT2D eigenvalue weighted by atomic mass is 16.3. The van der Waals surface area contributed by atoms with Crippen LogP contribution in [0.1, 0.15) is 33.1 Å². The molecule has 1 nitrogen and oxygen atoms in total. The van der Waals surface area contributed by atoms with E-state index in [0.717, 1.165) is 19.3 Å².